The fourth-order valence-corrected chi connectivity index (χ4v) is 2.56. The third-order valence-electron chi connectivity index (χ3n) is 2.29. The average Bonchev–Trinajstić information content (AvgIpc) is 2.38. The quantitative estimate of drug-likeness (QED) is 0.736. The molecule has 1 heterocycles. The third-order valence-corrected chi connectivity index (χ3v) is 3.42. The van der Waals surface area contributed by atoms with Crippen molar-refractivity contribution >= 4 is 11.8 Å². The average molecular weight is 196 g/mol. The molecule has 0 bridgehead atoms. The molecule has 0 saturated heterocycles. The first-order valence-electron chi connectivity index (χ1n) is 4.78. The Labute approximate surface area is 84.4 Å². The maximum atomic E-state index is 8.92. The zero-order valence-corrected chi connectivity index (χ0v) is 9.08. The van der Waals surface area contributed by atoms with E-state index in [4.69, 9.17) is 5.26 Å². The molecule has 1 unspecified atom stereocenters. The lowest BCUT2D eigenvalue weighted by atomic mass is 10.1. The van der Waals surface area contributed by atoms with E-state index in [9.17, 15) is 0 Å². The van der Waals surface area contributed by atoms with Crippen LogP contribution in [0.2, 0.25) is 0 Å². The van der Waals surface area contributed by atoms with Gasteiger partial charge in [0.1, 0.15) is 0 Å². The Kier molecular flexibility index (Phi) is 4.17. The Hall–Kier alpha value is -0.620. The first-order valence-corrected chi connectivity index (χ1v) is 5.93. The summed E-state index contributed by atoms with van der Waals surface area (Å²) in [6.45, 7) is 4.28. The Morgan fingerprint density at radius 2 is 2.38 bits per heavy atom. The number of nitriles is 1. The molecule has 13 heavy (non-hydrogen) atoms. The van der Waals surface area contributed by atoms with Gasteiger partial charge in [-0.15, -0.1) is 0 Å². The van der Waals surface area contributed by atoms with E-state index < -0.39 is 0 Å². The second kappa shape index (κ2) is 5.18. The molecule has 72 valence electrons. The molecule has 0 spiro atoms. The molecule has 1 aliphatic rings. The van der Waals surface area contributed by atoms with Crippen molar-refractivity contribution in [2.45, 2.75) is 32.7 Å². The van der Waals surface area contributed by atoms with Crippen LogP contribution in [-0.2, 0) is 0 Å². The maximum absolute atomic E-state index is 8.92. The first-order chi connectivity index (χ1) is 6.31. The lowest BCUT2D eigenvalue weighted by Crippen LogP contribution is -2.29. The predicted molar refractivity (Wildman–Crippen MR) is 57.5 cm³/mol. The number of hydrogen-bond donors (Lipinski definition) is 1. The van der Waals surface area contributed by atoms with Gasteiger partial charge in [-0.25, -0.2) is 0 Å². The monoisotopic (exact) mass is 196 g/mol. The molecule has 0 radical (unpaired) electrons. The van der Waals surface area contributed by atoms with Crippen molar-refractivity contribution in [3.05, 3.63) is 11.3 Å². The Morgan fingerprint density at radius 1 is 1.62 bits per heavy atom. The summed E-state index contributed by atoms with van der Waals surface area (Å²) in [5, 5.41) is 12.4. The van der Waals surface area contributed by atoms with E-state index in [0.29, 0.717) is 6.04 Å². The van der Waals surface area contributed by atoms with Crippen molar-refractivity contribution in [2.75, 3.05) is 11.5 Å². The summed E-state index contributed by atoms with van der Waals surface area (Å²) in [6.07, 6.45) is 2.08. The summed E-state index contributed by atoms with van der Waals surface area (Å²) in [7, 11) is 0. The summed E-state index contributed by atoms with van der Waals surface area (Å²) in [4.78, 5) is 0. The summed E-state index contributed by atoms with van der Waals surface area (Å²) in [5.41, 5.74) is 2.09. The molecule has 0 fully saturated rings. The summed E-state index contributed by atoms with van der Waals surface area (Å²) in [5.74, 6) is 1.99. The minimum absolute atomic E-state index is 0.547. The molecule has 0 aromatic heterocycles. The number of nitrogens with zero attached hydrogens (tertiary/aromatic N) is 1. The SMILES string of the molecule is CCC1=C(C#N)CSCC(CC)N1. The highest BCUT2D eigenvalue weighted by molar-refractivity contribution is 7.99. The van der Waals surface area contributed by atoms with Gasteiger partial charge in [0.15, 0.2) is 0 Å². The van der Waals surface area contributed by atoms with Crippen LogP contribution < -0.4 is 5.32 Å². The lowest BCUT2D eigenvalue weighted by Gasteiger charge is -2.16. The predicted octanol–water partition coefficient (Wildman–Crippen LogP) is 2.29. The normalized spacial score (nSPS) is 23.3. The van der Waals surface area contributed by atoms with Gasteiger partial charge >= 0.3 is 0 Å². The molecule has 0 aromatic rings. The van der Waals surface area contributed by atoms with E-state index in [2.05, 4.69) is 25.2 Å². The molecule has 0 amide bonds. The summed E-state index contributed by atoms with van der Waals surface area (Å²) >= 11 is 1.86. The molecule has 0 aliphatic carbocycles. The highest BCUT2D eigenvalue weighted by Crippen LogP contribution is 2.19. The van der Waals surface area contributed by atoms with E-state index >= 15 is 0 Å². The van der Waals surface area contributed by atoms with Crippen LogP contribution in [0.15, 0.2) is 11.3 Å². The van der Waals surface area contributed by atoms with Gasteiger partial charge in [-0.1, -0.05) is 13.8 Å². The van der Waals surface area contributed by atoms with Crippen molar-refractivity contribution in [3.63, 3.8) is 0 Å². The Bertz CT molecular complexity index is 240. The van der Waals surface area contributed by atoms with Crippen LogP contribution in [0.5, 0.6) is 0 Å². The van der Waals surface area contributed by atoms with Crippen LogP contribution in [0, 0.1) is 11.3 Å². The van der Waals surface area contributed by atoms with E-state index in [1.165, 1.54) is 0 Å². The zero-order valence-electron chi connectivity index (χ0n) is 8.26. The van der Waals surface area contributed by atoms with Crippen LogP contribution in [0.3, 0.4) is 0 Å². The van der Waals surface area contributed by atoms with Crippen molar-refractivity contribution in [1.29, 1.82) is 5.26 Å². The van der Waals surface area contributed by atoms with Crippen molar-refractivity contribution in [2.24, 2.45) is 0 Å². The van der Waals surface area contributed by atoms with E-state index in [1.54, 1.807) is 0 Å². The van der Waals surface area contributed by atoms with Gasteiger partial charge in [0.2, 0.25) is 0 Å². The minimum Gasteiger partial charge on any atom is -0.384 e. The standard InChI is InChI=1S/C10H16N2S/c1-3-9-7-13-6-8(5-11)10(4-2)12-9/h9,12H,3-4,6-7H2,1-2H3. The van der Waals surface area contributed by atoms with E-state index in [1.807, 2.05) is 11.8 Å². The molecule has 1 N–H and O–H groups in total. The topological polar surface area (TPSA) is 35.8 Å². The summed E-state index contributed by atoms with van der Waals surface area (Å²) in [6, 6.07) is 2.83. The second-order valence-electron chi connectivity index (χ2n) is 3.19. The van der Waals surface area contributed by atoms with Gasteiger partial charge in [-0.05, 0) is 12.8 Å². The fourth-order valence-electron chi connectivity index (χ4n) is 1.40. The van der Waals surface area contributed by atoms with Crippen molar-refractivity contribution < 1.29 is 0 Å². The molecular weight excluding hydrogens is 180 g/mol. The van der Waals surface area contributed by atoms with E-state index in [0.717, 1.165) is 35.6 Å². The first kappa shape index (κ1) is 10.5. The smallest absolute Gasteiger partial charge is 0.0974 e. The van der Waals surface area contributed by atoms with Gasteiger partial charge in [0.05, 0.1) is 11.6 Å². The lowest BCUT2D eigenvalue weighted by molar-refractivity contribution is 0.592. The zero-order chi connectivity index (χ0) is 9.68. The Morgan fingerprint density at radius 3 is 2.92 bits per heavy atom. The van der Waals surface area contributed by atoms with Crippen LogP contribution in [0.25, 0.3) is 0 Å². The molecule has 3 heteroatoms. The van der Waals surface area contributed by atoms with Gasteiger partial charge in [0, 0.05) is 23.2 Å². The summed E-state index contributed by atoms with van der Waals surface area (Å²) < 4.78 is 0. The number of hydrogen-bond acceptors (Lipinski definition) is 3. The van der Waals surface area contributed by atoms with Crippen LogP contribution in [0.4, 0.5) is 0 Å². The van der Waals surface area contributed by atoms with Crippen molar-refractivity contribution in [3.8, 4) is 6.07 Å². The number of nitrogens with one attached hydrogen (secondary N) is 1. The largest absolute Gasteiger partial charge is 0.384 e. The Balaban J connectivity index is 2.76. The molecule has 1 rings (SSSR count). The molecule has 0 saturated carbocycles. The third kappa shape index (κ3) is 2.67. The number of thioether (sulfide) groups is 1. The van der Waals surface area contributed by atoms with Crippen LogP contribution in [-0.4, -0.2) is 17.5 Å². The highest BCUT2D eigenvalue weighted by Gasteiger charge is 2.15. The van der Waals surface area contributed by atoms with Gasteiger partial charge in [-0.3, -0.25) is 0 Å². The molecule has 2 nitrogen and oxygen atoms in total. The maximum Gasteiger partial charge on any atom is 0.0974 e. The molecule has 1 aliphatic heterocycles. The van der Waals surface area contributed by atoms with Gasteiger partial charge < -0.3 is 5.32 Å². The van der Waals surface area contributed by atoms with Crippen LogP contribution >= 0.6 is 11.8 Å². The number of allylic oxidation sites excluding steroid dienone is 1. The van der Waals surface area contributed by atoms with Crippen LogP contribution in [0.1, 0.15) is 26.7 Å². The highest BCUT2D eigenvalue weighted by atomic mass is 32.2. The second-order valence-corrected chi connectivity index (χ2v) is 4.22. The minimum atomic E-state index is 0.547. The van der Waals surface area contributed by atoms with Crippen molar-refractivity contribution in [1.82, 2.24) is 5.32 Å². The van der Waals surface area contributed by atoms with E-state index in [-0.39, 0.29) is 0 Å². The van der Waals surface area contributed by atoms with Gasteiger partial charge in [0.25, 0.3) is 0 Å². The number of rotatable bonds is 2. The fraction of sp³-hybridized carbons (Fsp3) is 0.700. The van der Waals surface area contributed by atoms with Gasteiger partial charge in [-0.2, -0.15) is 17.0 Å². The molecular formula is C10H16N2S. The molecule has 0 aromatic carbocycles. The molecule has 1 atom stereocenters.